The summed E-state index contributed by atoms with van der Waals surface area (Å²) in [5.74, 6) is 0.189. The summed E-state index contributed by atoms with van der Waals surface area (Å²) in [6.07, 6.45) is 2.12. The number of hydrogen-bond donors (Lipinski definition) is 1. The van der Waals surface area contributed by atoms with Gasteiger partial charge < -0.3 is 14.4 Å². The summed E-state index contributed by atoms with van der Waals surface area (Å²) in [4.78, 5) is 12.2. The van der Waals surface area contributed by atoms with Crippen LogP contribution >= 0.6 is 0 Å². The molecule has 0 bridgehead atoms. The number of aliphatic hydroxyl groups is 1. The third kappa shape index (κ3) is 4.26. The number of aromatic nitrogens is 1. The fraction of sp³-hybridized carbons (Fsp3) is 0.400. The van der Waals surface area contributed by atoms with Crippen molar-refractivity contribution in [1.29, 1.82) is 0 Å². The average Bonchev–Trinajstić information content (AvgIpc) is 2.70. The molecule has 30 heavy (non-hydrogen) atoms. The van der Waals surface area contributed by atoms with Crippen LogP contribution < -0.4 is 10.2 Å². The summed E-state index contributed by atoms with van der Waals surface area (Å²) in [6, 6.07) is 13.4. The van der Waals surface area contributed by atoms with Crippen LogP contribution in [0.1, 0.15) is 39.7 Å². The Labute approximate surface area is 176 Å². The fourth-order valence-electron chi connectivity index (χ4n) is 4.21. The molecule has 0 saturated heterocycles. The summed E-state index contributed by atoms with van der Waals surface area (Å²) in [5, 5.41) is 12.4. The molecule has 5 heteroatoms. The van der Waals surface area contributed by atoms with Crippen LogP contribution in [0.5, 0.6) is 5.75 Å². The van der Waals surface area contributed by atoms with Crippen molar-refractivity contribution in [3.63, 3.8) is 0 Å². The lowest BCUT2D eigenvalue weighted by atomic mass is 9.71. The Balaban J connectivity index is 2.03. The van der Waals surface area contributed by atoms with Gasteiger partial charge in [0.2, 0.25) is 0 Å². The Morgan fingerprint density at radius 3 is 2.50 bits per heavy atom. The van der Waals surface area contributed by atoms with Crippen LogP contribution in [0.25, 0.3) is 10.9 Å². The Kier molecular flexibility index (Phi) is 6.04. The molecule has 0 fully saturated rings. The highest BCUT2D eigenvalue weighted by Crippen LogP contribution is 2.41. The summed E-state index contributed by atoms with van der Waals surface area (Å²) >= 11 is 0. The van der Waals surface area contributed by atoms with E-state index in [0.717, 1.165) is 5.52 Å². The summed E-state index contributed by atoms with van der Waals surface area (Å²) < 4.78 is 21.4. The van der Waals surface area contributed by atoms with Crippen LogP contribution in [0, 0.1) is 11.7 Å². The van der Waals surface area contributed by atoms with Gasteiger partial charge in [0.05, 0.1) is 24.8 Å². The maximum absolute atomic E-state index is 14.0. The molecule has 1 N–H and O–H groups in total. The SMILES string of the molecule is COc1ccc(F)cc1C(C)(C)CC(O)(Cn1ccc(=O)c2ccccc21)C(C)C. The molecule has 3 aromatic rings. The Hall–Kier alpha value is -2.66. The van der Waals surface area contributed by atoms with Crippen LogP contribution in [0.4, 0.5) is 4.39 Å². The predicted octanol–water partition coefficient (Wildman–Crippen LogP) is 4.90. The van der Waals surface area contributed by atoms with Crippen LogP contribution in [-0.2, 0) is 12.0 Å². The molecule has 1 atom stereocenters. The molecule has 2 aromatic carbocycles. The van der Waals surface area contributed by atoms with Gasteiger partial charge >= 0.3 is 0 Å². The summed E-state index contributed by atoms with van der Waals surface area (Å²) in [7, 11) is 1.56. The molecule has 1 aromatic heterocycles. The number of rotatable bonds is 7. The van der Waals surface area contributed by atoms with Gasteiger partial charge in [-0.05, 0) is 48.1 Å². The minimum Gasteiger partial charge on any atom is -0.496 e. The Bertz CT molecular complexity index is 1100. The zero-order chi connectivity index (χ0) is 22.1. The van der Waals surface area contributed by atoms with Gasteiger partial charge in [-0.1, -0.05) is 39.8 Å². The number of methoxy groups -OCH3 is 1. The topological polar surface area (TPSA) is 51.5 Å². The van der Waals surface area contributed by atoms with Crippen molar-refractivity contribution >= 4 is 10.9 Å². The van der Waals surface area contributed by atoms with Gasteiger partial charge in [0, 0.05) is 23.2 Å². The van der Waals surface area contributed by atoms with E-state index in [1.807, 2.05) is 50.5 Å². The number of benzene rings is 2. The van der Waals surface area contributed by atoms with Gasteiger partial charge in [-0.2, -0.15) is 0 Å². The first-order valence-corrected chi connectivity index (χ1v) is 10.2. The molecule has 160 valence electrons. The summed E-state index contributed by atoms with van der Waals surface area (Å²) in [6.45, 7) is 8.24. The van der Waals surface area contributed by atoms with E-state index in [0.29, 0.717) is 29.7 Å². The van der Waals surface area contributed by atoms with Crippen molar-refractivity contribution < 1.29 is 14.2 Å². The first kappa shape index (κ1) is 22.0. The van der Waals surface area contributed by atoms with Crippen LogP contribution in [0.3, 0.4) is 0 Å². The molecular weight excluding hydrogens is 381 g/mol. The molecule has 0 saturated carbocycles. The van der Waals surface area contributed by atoms with E-state index in [2.05, 4.69) is 0 Å². The molecule has 0 aliphatic heterocycles. The Morgan fingerprint density at radius 1 is 1.13 bits per heavy atom. The zero-order valence-corrected chi connectivity index (χ0v) is 18.3. The summed E-state index contributed by atoms with van der Waals surface area (Å²) in [5.41, 5.74) is -0.196. The quantitative estimate of drug-likeness (QED) is 0.601. The molecule has 0 aliphatic carbocycles. The fourth-order valence-corrected chi connectivity index (χ4v) is 4.21. The highest BCUT2D eigenvalue weighted by Gasteiger charge is 2.40. The number of halogens is 1. The number of hydrogen-bond acceptors (Lipinski definition) is 3. The average molecular weight is 412 g/mol. The normalized spacial score (nSPS) is 14.1. The third-order valence-corrected chi connectivity index (χ3v) is 6.04. The van der Waals surface area contributed by atoms with Crippen molar-refractivity contribution in [3.8, 4) is 5.75 Å². The van der Waals surface area contributed by atoms with E-state index < -0.39 is 11.0 Å². The second-order valence-corrected chi connectivity index (χ2v) is 8.99. The van der Waals surface area contributed by atoms with Crippen LogP contribution in [0.15, 0.2) is 59.5 Å². The van der Waals surface area contributed by atoms with E-state index in [9.17, 15) is 14.3 Å². The van der Waals surface area contributed by atoms with E-state index in [1.54, 1.807) is 25.4 Å². The van der Waals surface area contributed by atoms with Crippen LogP contribution in [0.2, 0.25) is 0 Å². The van der Waals surface area contributed by atoms with Gasteiger partial charge in [-0.25, -0.2) is 4.39 Å². The van der Waals surface area contributed by atoms with Crippen molar-refractivity contribution in [1.82, 2.24) is 4.57 Å². The molecule has 4 nitrogen and oxygen atoms in total. The molecule has 0 radical (unpaired) electrons. The lowest BCUT2D eigenvalue weighted by Gasteiger charge is -2.40. The molecule has 1 unspecified atom stereocenters. The van der Waals surface area contributed by atoms with Gasteiger partial charge in [-0.3, -0.25) is 4.79 Å². The van der Waals surface area contributed by atoms with Crippen molar-refractivity contribution in [2.45, 2.75) is 51.7 Å². The monoisotopic (exact) mass is 411 g/mol. The van der Waals surface area contributed by atoms with Crippen LogP contribution in [-0.4, -0.2) is 22.4 Å². The van der Waals surface area contributed by atoms with Gasteiger partial charge in [0.25, 0.3) is 0 Å². The van der Waals surface area contributed by atoms with Gasteiger partial charge in [-0.15, -0.1) is 0 Å². The second-order valence-electron chi connectivity index (χ2n) is 8.99. The van der Waals surface area contributed by atoms with Crippen molar-refractivity contribution in [2.24, 2.45) is 5.92 Å². The molecule has 0 amide bonds. The number of nitrogens with zero attached hydrogens (tertiary/aromatic N) is 1. The first-order valence-electron chi connectivity index (χ1n) is 10.2. The Morgan fingerprint density at radius 2 is 1.83 bits per heavy atom. The van der Waals surface area contributed by atoms with E-state index in [4.69, 9.17) is 4.74 Å². The maximum Gasteiger partial charge on any atom is 0.189 e. The lowest BCUT2D eigenvalue weighted by Crippen LogP contribution is -2.45. The van der Waals surface area contributed by atoms with Gasteiger partial charge in [0.15, 0.2) is 5.43 Å². The standard InChI is InChI=1S/C25H30FNO3/c1-17(2)25(29,15-24(3,4)20-14-18(26)10-11-23(20)30-5)16-27-13-12-22(28)19-8-6-7-9-21(19)27/h6-14,17,29H,15-16H2,1-5H3. The van der Waals surface area contributed by atoms with Crippen molar-refractivity contribution in [2.75, 3.05) is 7.11 Å². The number of ether oxygens (including phenoxy) is 1. The molecule has 3 rings (SSSR count). The number of para-hydroxylation sites is 1. The highest BCUT2D eigenvalue weighted by atomic mass is 19.1. The second kappa shape index (κ2) is 8.23. The molecule has 0 spiro atoms. The molecular formula is C25H30FNO3. The molecule has 0 aliphatic rings. The van der Waals surface area contributed by atoms with E-state index >= 15 is 0 Å². The maximum atomic E-state index is 14.0. The first-order chi connectivity index (χ1) is 14.1. The zero-order valence-electron chi connectivity index (χ0n) is 18.3. The number of pyridine rings is 1. The smallest absolute Gasteiger partial charge is 0.189 e. The number of fused-ring (bicyclic) bond motifs is 1. The lowest BCUT2D eigenvalue weighted by molar-refractivity contribution is -0.0426. The largest absolute Gasteiger partial charge is 0.496 e. The van der Waals surface area contributed by atoms with E-state index in [1.165, 1.54) is 18.2 Å². The van der Waals surface area contributed by atoms with Gasteiger partial charge in [0.1, 0.15) is 11.6 Å². The van der Waals surface area contributed by atoms with Crippen molar-refractivity contribution in [3.05, 3.63) is 76.3 Å². The van der Waals surface area contributed by atoms with E-state index in [-0.39, 0.29) is 17.2 Å². The minimum absolute atomic E-state index is 0.0419. The third-order valence-electron chi connectivity index (χ3n) is 6.04. The minimum atomic E-state index is -1.10. The molecule has 1 heterocycles. The predicted molar refractivity (Wildman–Crippen MR) is 119 cm³/mol. The highest BCUT2D eigenvalue weighted by molar-refractivity contribution is 5.78.